The van der Waals surface area contributed by atoms with Crippen molar-refractivity contribution in [3.05, 3.63) is 281 Å². The fourth-order valence-electron chi connectivity index (χ4n) is 12.5. The summed E-state index contributed by atoms with van der Waals surface area (Å²) in [4.78, 5) is 2.58. The number of anilines is 3. The third-order valence-corrected chi connectivity index (χ3v) is 14.7. The van der Waals surface area contributed by atoms with E-state index in [0.717, 1.165) is 5.69 Å². The van der Waals surface area contributed by atoms with Gasteiger partial charge in [-0.3, -0.25) is 0 Å². The third kappa shape index (κ3) is 4.31. The Morgan fingerprint density at radius 3 is 0.921 bits per heavy atom. The molecular weight excluding hydrogens is 759 g/mol. The van der Waals surface area contributed by atoms with Gasteiger partial charge in [0.1, 0.15) is 0 Å². The summed E-state index contributed by atoms with van der Waals surface area (Å²) in [5.41, 5.74) is 26.1. The first-order valence-corrected chi connectivity index (χ1v) is 22.1. The quantitative estimate of drug-likeness (QED) is 0.171. The van der Waals surface area contributed by atoms with Gasteiger partial charge >= 0.3 is 0 Å². The standard InChI is InChI=1S/C62H39N/c1-2-18-40(19-3-1)41-36-38-42(39-37-41)63(57-34-16-32-55-59(57)47-24-8-14-30-53(47)61(55)49-26-10-4-20-43(49)44-21-5-11-27-50(44)61)58-35-17-33-56-60(58)48-25-9-15-31-54(48)62(56)51-28-12-6-22-45(51)46-23-7-13-29-52(46)62/h1-39H. The maximum atomic E-state index is 2.58. The molecule has 0 fully saturated rings. The van der Waals surface area contributed by atoms with Gasteiger partial charge in [0, 0.05) is 16.8 Å². The van der Waals surface area contributed by atoms with Crippen LogP contribution in [0.3, 0.4) is 0 Å². The molecule has 0 amide bonds. The number of hydrogen-bond acceptors (Lipinski definition) is 1. The molecule has 0 bridgehead atoms. The van der Waals surface area contributed by atoms with Gasteiger partial charge in [0.05, 0.1) is 22.2 Å². The average Bonchev–Trinajstić information content (AvgIpc) is 4.04. The first kappa shape index (κ1) is 34.7. The molecule has 63 heavy (non-hydrogen) atoms. The van der Waals surface area contributed by atoms with Crippen LogP contribution >= 0.6 is 0 Å². The normalized spacial score (nSPS) is 14.3. The molecule has 10 aromatic carbocycles. The predicted octanol–water partition coefficient (Wildman–Crippen LogP) is 15.5. The van der Waals surface area contributed by atoms with Crippen LogP contribution in [0.15, 0.2) is 237 Å². The highest BCUT2D eigenvalue weighted by Gasteiger charge is 2.54. The second kappa shape index (κ2) is 12.8. The van der Waals surface area contributed by atoms with Gasteiger partial charge in [-0.2, -0.15) is 0 Å². The number of benzene rings is 10. The van der Waals surface area contributed by atoms with Crippen LogP contribution < -0.4 is 4.90 Å². The predicted molar refractivity (Wildman–Crippen MR) is 259 cm³/mol. The molecule has 10 aromatic rings. The lowest BCUT2D eigenvalue weighted by molar-refractivity contribution is 0.793. The zero-order valence-corrected chi connectivity index (χ0v) is 34.5. The van der Waals surface area contributed by atoms with Crippen LogP contribution in [0.5, 0.6) is 0 Å². The first-order chi connectivity index (χ1) is 31.3. The van der Waals surface area contributed by atoms with Gasteiger partial charge in [-0.25, -0.2) is 0 Å². The van der Waals surface area contributed by atoms with Gasteiger partial charge < -0.3 is 4.90 Å². The summed E-state index contributed by atoms with van der Waals surface area (Å²) in [5, 5.41) is 0. The number of hydrogen-bond donors (Lipinski definition) is 0. The Kier molecular flexibility index (Phi) is 7.03. The molecule has 2 spiro atoms. The largest absolute Gasteiger partial charge is 0.309 e. The summed E-state index contributed by atoms with van der Waals surface area (Å²) in [7, 11) is 0. The number of fused-ring (bicyclic) bond motifs is 20. The summed E-state index contributed by atoms with van der Waals surface area (Å²) < 4.78 is 0. The van der Waals surface area contributed by atoms with E-state index in [1.165, 1.54) is 112 Å². The van der Waals surface area contributed by atoms with E-state index in [9.17, 15) is 0 Å². The SMILES string of the molecule is c1ccc(-c2ccc(N(c3cccc4c3-c3ccccc3C43c4ccccc4-c4ccccc43)c3cccc4c3-c3ccccc3C43c4ccccc4-c4ccccc43)cc2)cc1. The smallest absolute Gasteiger partial charge is 0.0726 e. The van der Waals surface area contributed by atoms with Crippen LogP contribution in [0.25, 0.3) is 55.6 Å². The van der Waals surface area contributed by atoms with E-state index in [1.807, 2.05) is 0 Å². The van der Waals surface area contributed by atoms with Gasteiger partial charge in [0.2, 0.25) is 0 Å². The van der Waals surface area contributed by atoms with E-state index >= 15 is 0 Å². The third-order valence-electron chi connectivity index (χ3n) is 14.7. The topological polar surface area (TPSA) is 3.24 Å². The first-order valence-electron chi connectivity index (χ1n) is 22.1. The zero-order chi connectivity index (χ0) is 41.3. The van der Waals surface area contributed by atoms with E-state index < -0.39 is 10.8 Å². The van der Waals surface area contributed by atoms with Crippen LogP contribution in [0.1, 0.15) is 44.5 Å². The molecule has 0 saturated heterocycles. The average molecular weight is 798 g/mol. The molecule has 0 saturated carbocycles. The van der Waals surface area contributed by atoms with Crippen LogP contribution in [0.2, 0.25) is 0 Å². The van der Waals surface area contributed by atoms with Crippen LogP contribution in [-0.2, 0) is 10.8 Å². The minimum atomic E-state index is -0.454. The molecule has 0 unspecified atom stereocenters. The molecule has 1 nitrogen and oxygen atoms in total. The van der Waals surface area contributed by atoms with Gasteiger partial charge in [0.25, 0.3) is 0 Å². The van der Waals surface area contributed by atoms with Crippen molar-refractivity contribution in [2.75, 3.05) is 4.90 Å². The minimum Gasteiger partial charge on any atom is -0.309 e. The van der Waals surface area contributed by atoms with E-state index in [0.29, 0.717) is 0 Å². The fourth-order valence-corrected chi connectivity index (χ4v) is 12.5. The lowest BCUT2D eigenvalue weighted by atomic mass is 9.70. The van der Waals surface area contributed by atoms with Gasteiger partial charge in [-0.15, -0.1) is 0 Å². The monoisotopic (exact) mass is 797 g/mol. The molecule has 0 N–H and O–H groups in total. The lowest BCUT2D eigenvalue weighted by Gasteiger charge is -2.33. The molecule has 4 aliphatic rings. The summed E-state index contributed by atoms with van der Waals surface area (Å²) >= 11 is 0. The molecule has 4 aliphatic carbocycles. The molecule has 0 aromatic heterocycles. The Hall–Kier alpha value is -8.00. The second-order valence-corrected chi connectivity index (χ2v) is 17.4. The molecule has 0 radical (unpaired) electrons. The molecule has 1 heteroatoms. The molecule has 0 aliphatic heterocycles. The highest BCUT2D eigenvalue weighted by atomic mass is 15.1. The zero-order valence-electron chi connectivity index (χ0n) is 34.5. The van der Waals surface area contributed by atoms with Crippen molar-refractivity contribution in [1.29, 1.82) is 0 Å². The summed E-state index contributed by atoms with van der Waals surface area (Å²) in [5.74, 6) is 0. The molecular formula is C62H39N. The Balaban J connectivity index is 1.09. The fraction of sp³-hybridized carbons (Fsp3) is 0.0323. The maximum Gasteiger partial charge on any atom is 0.0726 e. The minimum absolute atomic E-state index is 0.454. The lowest BCUT2D eigenvalue weighted by Crippen LogP contribution is -2.26. The van der Waals surface area contributed by atoms with Crippen LogP contribution in [0.4, 0.5) is 17.1 Å². The van der Waals surface area contributed by atoms with Crippen LogP contribution in [-0.4, -0.2) is 0 Å². The van der Waals surface area contributed by atoms with Crippen molar-refractivity contribution in [3.8, 4) is 55.6 Å². The molecule has 14 rings (SSSR count). The Morgan fingerprint density at radius 2 is 0.524 bits per heavy atom. The Morgan fingerprint density at radius 1 is 0.222 bits per heavy atom. The summed E-state index contributed by atoms with van der Waals surface area (Å²) in [6.07, 6.45) is 0. The number of rotatable bonds is 4. The van der Waals surface area contributed by atoms with Crippen molar-refractivity contribution in [2.45, 2.75) is 10.8 Å². The van der Waals surface area contributed by atoms with Crippen molar-refractivity contribution in [2.24, 2.45) is 0 Å². The van der Waals surface area contributed by atoms with Crippen molar-refractivity contribution in [3.63, 3.8) is 0 Å². The van der Waals surface area contributed by atoms with E-state index in [1.54, 1.807) is 0 Å². The van der Waals surface area contributed by atoms with Gasteiger partial charge in [-0.05, 0) is 113 Å². The maximum absolute atomic E-state index is 2.58. The van der Waals surface area contributed by atoms with Crippen LogP contribution in [0, 0.1) is 0 Å². The Labute approximate surface area is 367 Å². The Bertz CT molecular complexity index is 3240. The highest BCUT2D eigenvalue weighted by Crippen LogP contribution is 2.67. The van der Waals surface area contributed by atoms with E-state index in [4.69, 9.17) is 0 Å². The highest BCUT2D eigenvalue weighted by molar-refractivity contribution is 6.05. The summed E-state index contributed by atoms with van der Waals surface area (Å²) in [6.45, 7) is 0. The van der Waals surface area contributed by atoms with Gasteiger partial charge in [-0.1, -0.05) is 212 Å². The molecule has 292 valence electrons. The molecule has 0 atom stereocenters. The van der Waals surface area contributed by atoms with Gasteiger partial charge in [0.15, 0.2) is 0 Å². The number of nitrogens with zero attached hydrogens (tertiary/aromatic N) is 1. The molecule has 0 heterocycles. The second-order valence-electron chi connectivity index (χ2n) is 17.4. The summed E-state index contributed by atoms with van der Waals surface area (Å²) in [6, 6.07) is 88.8. The van der Waals surface area contributed by atoms with E-state index in [-0.39, 0.29) is 0 Å². The van der Waals surface area contributed by atoms with Crippen molar-refractivity contribution in [1.82, 2.24) is 0 Å². The van der Waals surface area contributed by atoms with Crippen molar-refractivity contribution >= 4 is 17.1 Å². The van der Waals surface area contributed by atoms with Crippen molar-refractivity contribution < 1.29 is 0 Å². The van der Waals surface area contributed by atoms with E-state index in [2.05, 4.69) is 241 Å².